The Morgan fingerprint density at radius 3 is 1.21 bits per heavy atom. The summed E-state index contributed by atoms with van der Waals surface area (Å²) in [7, 11) is -2.65. The summed E-state index contributed by atoms with van der Waals surface area (Å²) >= 11 is 0. The Kier molecular flexibility index (Phi) is 39.8. The summed E-state index contributed by atoms with van der Waals surface area (Å²) in [4.78, 5) is 67.0. The van der Waals surface area contributed by atoms with E-state index >= 15 is 0 Å². The number of aliphatic hydroxyl groups is 1. The molecule has 0 radical (unpaired) electrons. The van der Waals surface area contributed by atoms with E-state index < -0.39 is 27.1 Å². The summed E-state index contributed by atoms with van der Waals surface area (Å²) in [6.45, 7) is 41.1. The first-order valence-electron chi connectivity index (χ1n) is 39.8. The smallest absolute Gasteiger partial charge is 0.415 e. The lowest BCUT2D eigenvalue weighted by molar-refractivity contribution is -0.139. The number of amidine groups is 1. The van der Waals surface area contributed by atoms with E-state index in [1.54, 1.807) is 13.3 Å². The number of imide groups is 1. The number of carbonyl (C=O) groups is 5. The number of aromatic amines is 2. The molecule has 2 aliphatic heterocycles. The maximum Gasteiger partial charge on any atom is 0.415 e. The van der Waals surface area contributed by atoms with Gasteiger partial charge < -0.3 is 26.3 Å². The van der Waals surface area contributed by atoms with Gasteiger partial charge in [0, 0.05) is 42.5 Å². The van der Waals surface area contributed by atoms with Crippen LogP contribution in [0.25, 0.3) is 0 Å². The van der Waals surface area contributed by atoms with Gasteiger partial charge in [0.2, 0.25) is 5.91 Å². The number of sulfone groups is 1. The highest BCUT2D eigenvalue weighted by molar-refractivity contribution is 7.91. The zero-order valence-corrected chi connectivity index (χ0v) is 67.2. The molecule has 6 saturated carbocycles. The van der Waals surface area contributed by atoms with E-state index in [4.69, 9.17) is 21.6 Å². The molecule has 9 N–H and O–H groups in total. The third-order valence-electron chi connectivity index (χ3n) is 25.0. The van der Waals surface area contributed by atoms with Crippen LogP contribution in [0.5, 0.6) is 0 Å². The van der Waals surface area contributed by atoms with Crippen molar-refractivity contribution in [3.05, 3.63) is 30.4 Å². The number of hydrogen-bond acceptors (Lipinski definition) is 13. The number of hydrogen-bond donors (Lipinski definition) is 7. The molecule has 100 heavy (non-hydrogen) atoms. The van der Waals surface area contributed by atoms with Gasteiger partial charge in [-0.1, -0.05) is 118 Å². The van der Waals surface area contributed by atoms with Crippen molar-refractivity contribution in [1.29, 1.82) is 5.41 Å². The highest BCUT2D eigenvalue weighted by atomic mass is 32.2. The predicted molar refractivity (Wildman–Crippen MR) is 408 cm³/mol. The van der Waals surface area contributed by atoms with Gasteiger partial charge in [-0.3, -0.25) is 35.0 Å². The lowest BCUT2D eigenvalue weighted by atomic mass is 9.73. The van der Waals surface area contributed by atoms with Gasteiger partial charge >= 0.3 is 6.09 Å². The molecule has 0 aromatic carbocycles. The molecule has 2 saturated heterocycles. The second kappa shape index (κ2) is 44.3. The van der Waals surface area contributed by atoms with E-state index in [0.717, 1.165) is 117 Å². The highest BCUT2D eigenvalue weighted by Crippen LogP contribution is 2.42. The lowest BCUT2D eigenvalue weighted by Crippen LogP contribution is -2.43. The number of ketones is 2. The molecular formula is C81H147N9O9S. The number of imidazole rings is 1. The van der Waals surface area contributed by atoms with Crippen molar-refractivity contribution in [2.24, 2.45) is 118 Å². The zero-order chi connectivity index (χ0) is 75.2. The number of Topliss-reactive ketones (excluding diaryl/α,β-unsaturated/α-hetero) is 2. The van der Waals surface area contributed by atoms with Crippen LogP contribution >= 0.6 is 0 Å². The van der Waals surface area contributed by atoms with Crippen LogP contribution < -0.4 is 16.8 Å². The first-order valence-corrected chi connectivity index (χ1v) is 41.6. The summed E-state index contributed by atoms with van der Waals surface area (Å²) in [6.07, 6.45) is 33.9. The van der Waals surface area contributed by atoms with Crippen molar-refractivity contribution in [2.75, 3.05) is 11.5 Å². The van der Waals surface area contributed by atoms with E-state index in [0.29, 0.717) is 126 Å². The van der Waals surface area contributed by atoms with Crippen LogP contribution in [-0.2, 0) is 33.8 Å². The number of carbonyl (C=O) groups excluding carboxylic acids is 5. The first-order chi connectivity index (χ1) is 46.8. The summed E-state index contributed by atoms with van der Waals surface area (Å²) in [5, 5.41) is 26.4. The van der Waals surface area contributed by atoms with Crippen LogP contribution in [0.1, 0.15) is 328 Å². The van der Waals surface area contributed by atoms with Gasteiger partial charge in [-0.25, -0.2) is 23.2 Å². The molecule has 2 aromatic heterocycles. The largest absolute Gasteiger partial charge is 0.432 e. The Morgan fingerprint density at radius 1 is 0.540 bits per heavy atom. The molecular weight excluding hydrogens is 1280 g/mol. The third kappa shape index (κ3) is 31.8. The quantitative estimate of drug-likeness (QED) is 0.0645. The third-order valence-corrected chi connectivity index (χ3v) is 26.7. The number of nitrogens with zero attached hydrogens (tertiary/aromatic N) is 3. The number of amides is 3. The average Bonchev–Trinajstić information content (AvgIpc) is 1.64. The number of rotatable bonds is 15. The Labute approximate surface area is 608 Å². The molecule has 8 aliphatic rings. The van der Waals surface area contributed by atoms with Gasteiger partial charge in [-0.2, -0.15) is 5.10 Å². The molecule has 3 amide bonds. The topological polar surface area (TPSA) is 307 Å². The van der Waals surface area contributed by atoms with Crippen molar-refractivity contribution in [2.45, 2.75) is 328 Å². The van der Waals surface area contributed by atoms with Crippen LogP contribution in [0.15, 0.2) is 18.7 Å². The monoisotopic (exact) mass is 1420 g/mol. The van der Waals surface area contributed by atoms with Gasteiger partial charge in [0.05, 0.1) is 17.3 Å². The maximum absolute atomic E-state index is 11.6. The second-order valence-electron chi connectivity index (χ2n) is 34.5. The summed E-state index contributed by atoms with van der Waals surface area (Å²) in [6, 6.07) is 0. The summed E-state index contributed by atoms with van der Waals surface area (Å²) in [5.74, 6) is 17.4. The molecule has 19 heteroatoms. The number of nitrogens with one attached hydrogen (secondary N) is 4. The van der Waals surface area contributed by atoms with Crippen molar-refractivity contribution >= 4 is 45.1 Å². The zero-order valence-electron chi connectivity index (χ0n) is 66.4. The molecule has 10 rings (SSSR count). The molecule has 1 atom stereocenters. The van der Waals surface area contributed by atoms with E-state index in [2.05, 4.69) is 141 Å². The molecule has 8 fully saturated rings. The van der Waals surface area contributed by atoms with E-state index in [1.807, 2.05) is 19.3 Å². The fourth-order valence-corrected chi connectivity index (χ4v) is 17.7. The highest BCUT2D eigenvalue weighted by Gasteiger charge is 2.51. The SMILES string of the molecule is CC(=O)C1(O)CCC(C(C)C)CC1.CC(=O)C1CCC(C(C)C)CC1.CC(C)C(C)CC(N)=O.CC(C)C1CCC(C(=N)N)CC1.CC(C)C1CCC(c2ncc[nH]2)CC1.CC(C)C1CCC(c2ncn[nH]2)CC1.CC(C)C1CCC2(CC1)OC(=O)NC2=O.CC(C)C1CCS(=O)(=O)CC1. The van der Waals surface area contributed by atoms with Crippen molar-refractivity contribution in [1.82, 2.24) is 30.5 Å². The number of ether oxygens (including phenoxy) is 1. The second-order valence-corrected chi connectivity index (χ2v) is 36.9. The van der Waals surface area contributed by atoms with Crippen LogP contribution in [-0.4, -0.2) is 96.7 Å². The van der Waals surface area contributed by atoms with Crippen LogP contribution in [0, 0.1) is 112 Å². The predicted octanol–water partition coefficient (Wildman–Crippen LogP) is 18.1. The molecule has 2 aromatic rings. The standard InChI is InChI=1S/C12H20N2.C11H19N3.C11H17NO3.C11H20O2.C11H20O.C10H20N2.C8H16O2S.C7H15NO/c1-9(2)10-3-5-11(6-4-10)12-13-7-8-14-12;1-8(2)9-3-5-10(6-4-9)11-12-7-13-14-11;1-7(2)8-3-5-11(6-4-8)9(13)12-10(14)15-11;1-8(2)10-4-6-11(13,7-5-10)9(3)12;1-8(2)10-4-6-11(7-5-10)9(3)12;1-7(2)8-3-5-9(6-4-8)10(11)12;1-7(2)8-3-5-11(9,10)6-4-8;1-5(2)6(3)4-7(8)9/h7-11H,3-6H2,1-2H3,(H,13,14);7-10H,3-6H2,1-2H3,(H,12,13,14);7-8H,3-6H2,1-2H3,(H,12,13,14);8,10,13H,4-7H2,1-3H3;8,10-11H,4-7H2,1-3H3;7-9H,3-6H2,1-2H3,(H3,11,12);7-8H,3-6H2,1-2H3;5-6H,4H2,1-3H3,(H2,8,9). The van der Waals surface area contributed by atoms with E-state index in [-0.39, 0.29) is 17.6 Å². The minimum atomic E-state index is -2.65. The summed E-state index contributed by atoms with van der Waals surface area (Å²) in [5.41, 5.74) is 8.64. The van der Waals surface area contributed by atoms with Crippen LogP contribution in [0.3, 0.4) is 0 Å². The molecule has 4 heterocycles. The molecule has 1 unspecified atom stereocenters. The lowest BCUT2D eigenvalue weighted by Gasteiger charge is -2.35. The molecule has 1 spiro atoms. The molecule has 6 aliphatic carbocycles. The van der Waals surface area contributed by atoms with Crippen molar-refractivity contribution < 1.29 is 42.2 Å². The van der Waals surface area contributed by atoms with Gasteiger partial charge in [0.1, 0.15) is 39.2 Å². The number of primary amides is 1. The van der Waals surface area contributed by atoms with Crippen molar-refractivity contribution in [3.8, 4) is 0 Å². The van der Waals surface area contributed by atoms with Crippen molar-refractivity contribution in [3.63, 3.8) is 0 Å². The summed E-state index contributed by atoms with van der Waals surface area (Å²) < 4.78 is 27.2. The van der Waals surface area contributed by atoms with Gasteiger partial charge in [-0.05, 0) is 275 Å². The number of nitrogens with two attached hydrogens (primary N) is 2. The Morgan fingerprint density at radius 2 is 0.910 bits per heavy atom. The molecule has 18 nitrogen and oxygen atoms in total. The van der Waals surface area contributed by atoms with E-state index in [1.165, 1.54) is 89.8 Å². The number of H-pyrrole nitrogens is 2. The normalized spacial score (nSPS) is 28.3. The Hall–Kier alpha value is -4.52. The molecule has 576 valence electrons. The average molecular weight is 1420 g/mol. The molecule has 0 bridgehead atoms. The fraction of sp³-hybridized carbons (Fsp3) is 0.864. The van der Waals surface area contributed by atoms with Crippen LogP contribution in [0.4, 0.5) is 4.79 Å². The maximum atomic E-state index is 11.6. The van der Waals surface area contributed by atoms with E-state index in [9.17, 15) is 37.5 Å². The minimum absolute atomic E-state index is 0.0605. The minimum Gasteiger partial charge on any atom is -0.432 e. The number of aromatic nitrogens is 5. The fourth-order valence-electron chi connectivity index (χ4n) is 16.1. The first kappa shape index (κ1) is 89.7. The number of alkyl carbamates (subject to hydrolysis) is 1. The Bertz CT molecular complexity index is 2620. The Balaban J connectivity index is 0.000000299. The van der Waals surface area contributed by atoms with Gasteiger partial charge in [0.15, 0.2) is 11.4 Å². The van der Waals surface area contributed by atoms with Crippen LogP contribution in [0.2, 0.25) is 0 Å². The van der Waals surface area contributed by atoms with Gasteiger partial charge in [0.25, 0.3) is 5.91 Å². The van der Waals surface area contributed by atoms with Gasteiger partial charge in [-0.15, -0.1) is 0 Å².